The Morgan fingerprint density at radius 2 is 1.92 bits per heavy atom. The average Bonchev–Trinajstić information content (AvgIpc) is 2.76. The largest absolute Gasteiger partial charge is 0.512 e. The van der Waals surface area contributed by atoms with E-state index in [4.69, 9.17) is 0 Å². The van der Waals surface area contributed by atoms with E-state index in [1.807, 2.05) is 0 Å². The highest BCUT2D eigenvalue weighted by atomic mass is 16.3. The fraction of sp³-hybridized carbons (Fsp3) is 0.545. The van der Waals surface area contributed by atoms with Crippen molar-refractivity contribution in [2.24, 2.45) is 23.7 Å². The van der Waals surface area contributed by atoms with Gasteiger partial charge in [0.25, 0.3) is 0 Å². The maximum atomic E-state index is 11.7. The first-order chi connectivity index (χ1) is 6.20. The van der Waals surface area contributed by atoms with E-state index in [0.29, 0.717) is 23.2 Å². The number of Topliss-reactive ketones (excluding diaryl/α,β-unsaturated/α-hetero) is 1. The van der Waals surface area contributed by atoms with E-state index in [9.17, 15) is 9.90 Å². The van der Waals surface area contributed by atoms with Crippen molar-refractivity contribution >= 4 is 5.78 Å². The number of hydrogen-bond acceptors (Lipinski definition) is 2. The number of aliphatic hydroxyl groups excluding tert-OH is 1. The van der Waals surface area contributed by atoms with E-state index < -0.39 is 0 Å². The lowest BCUT2D eigenvalue weighted by Gasteiger charge is -2.19. The molecule has 13 heavy (non-hydrogen) atoms. The molecule has 0 radical (unpaired) electrons. The lowest BCUT2D eigenvalue weighted by Crippen LogP contribution is -2.21. The summed E-state index contributed by atoms with van der Waals surface area (Å²) < 4.78 is 0. The quantitative estimate of drug-likeness (QED) is 0.572. The molecule has 3 aliphatic rings. The summed E-state index contributed by atoms with van der Waals surface area (Å²) in [6.45, 7) is 1.75. The molecule has 3 rings (SSSR count). The minimum absolute atomic E-state index is 0.0787. The maximum Gasteiger partial charge on any atom is 0.166 e. The van der Waals surface area contributed by atoms with Crippen molar-refractivity contribution in [3.05, 3.63) is 23.5 Å². The van der Waals surface area contributed by atoms with Gasteiger partial charge >= 0.3 is 0 Å². The Kier molecular flexibility index (Phi) is 1.17. The average molecular weight is 176 g/mol. The van der Waals surface area contributed by atoms with E-state index in [-0.39, 0.29) is 17.6 Å². The minimum Gasteiger partial charge on any atom is -0.512 e. The molecule has 0 amide bonds. The highest BCUT2D eigenvalue weighted by molar-refractivity contribution is 6.01. The molecular weight excluding hydrogens is 164 g/mol. The molecule has 1 fully saturated rings. The Hall–Kier alpha value is -1.05. The van der Waals surface area contributed by atoms with Gasteiger partial charge in [-0.3, -0.25) is 4.79 Å². The first kappa shape index (κ1) is 7.36. The van der Waals surface area contributed by atoms with E-state index >= 15 is 0 Å². The lowest BCUT2D eigenvalue weighted by atomic mass is 9.84. The molecule has 2 heteroatoms. The van der Waals surface area contributed by atoms with Crippen LogP contribution < -0.4 is 0 Å². The summed E-state index contributed by atoms with van der Waals surface area (Å²) in [6, 6.07) is 0. The molecule has 2 bridgehead atoms. The van der Waals surface area contributed by atoms with Crippen LogP contribution in [0.1, 0.15) is 13.3 Å². The molecule has 0 aromatic rings. The van der Waals surface area contributed by atoms with Crippen LogP contribution >= 0.6 is 0 Å². The van der Waals surface area contributed by atoms with E-state index in [2.05, 4.69) is 12.2 Å². The normalized spacial score (nSPS) is 46.4. The number of allylic oxidation sites excluding steroid dienone is 4. The van der Waals surface area contributed by atoms with Crippen molar-refractivity contribution in [2.45, 2.75) is 13.3 Å². The number of rotatable bonds is 0. The van der Waals surface area contributed by atoms with Crippen LogP contribution in [0.15, 0.2) is 23.5 Å². The number of fused-ring (bicyclic) bond motifs is 5. The van der Waals surface area contributed by atoms with Gasteiger partial charge in [0.1, 0.15) is 5.76 Å². The molecule has 0 saturated heterocycles. The van der Waals surface area contributed by atoms with Crippen molar-refractivity contribution in [1.82, 2.24) is 0 Å². The monoisotopic (exact) mass is 176 g/mol. The second-order valence-corrected chi connectivity index (χ2v) is 4.37. The van der Waals surface area contributed by atoms with E-state index in [0.717, 1.165) is 6.42 Å². The number of aliphatic hydroxyl groups is 1. The second kappa shape index (κ2) is 2.06. The molecule has 1 N–H and O–H groups in total. The Labute approximate surface area is 76.9 Å². The number of carbonyl (C=O) groups excluding carboxylic acids is 1. The number of carbonyl (C=O) groups is 1. The van der Waals surface area contributed by atoms with Crippen LogP contribution in [0, 0.1) is 23.7 Å². The summed E-state index contributed by atoms with van der Waals surface area (Å²) in [4.78, 5) is 11.7. The maximum absolute atomic E-state index is 11.7. The first-order valence-electron chi connectivity index (χ1n) is 4.82. The predicted octanol–water partition coefficient (Wildman–Crippen LogP) is 1.84. The first-order valence-corrected chi connectivity index (χ1v) is 4.82. The smallest absolute Gasteiger partial charge is 0.166 e. The molecular formula is C11H12O2. The summed E-state index contributed by atoms with van der Waals surface area (Å²) in [7, 11) is 0. The lowest BCUT2D eigenvalue weighted by molar-refractivity contribution is -0.119. The Balaban J connectivity index is 2.11. The molecule has 4 unspecified atom stereocenters. The fourth-order valence-corrected chi connectivity index (χ4v) is 3.18. The van der Waals surface area contributed by atoms with Crippen molar-refractivity contribution in [3.8, 4) is 0 Å². The minimum atomic E-state index is 0.0787. The molecule has 1 saturated carbocycles. The summed E-state index contributed by atoms with van der Waals surface area (Å²) in [5.41, 5.74) is 0.605. The van der Waals surface area contributed by atoms with Crippen LogP contribution in [0.2, 0.25) is 0 Å². The molecule has 0 aromatic carbocycles. The third-order valence-corrected chi connectivity index (χ3v) is 3.83. The van der Waals surface area contributed by atoms with Gasteiger partial charge in [0.05, 0.1) is 0 Å². The number of hydrogen-bond donors (Lipinski definition) is 1. The highest BCUT2D eigenvalue weighted by Gasteiger charge is 2.54. The predicted molar refractivity (Wildman–Crippen MR) is 48.1 cm³/mol. The van der Waals surface area contributed by atoms with Gasteiger partial charge in [0, 0.05) is 17.4 Å². The molecule has 0 heterocycles. The molecule has 4 atom stereocenters. The van der Waals surface area contributed by atoms with E-state index in [1.54, 1.807) is 6.92 Å². The van der Waals surface area contributed by atoms with Crippen molar-refractivity contribution in [3.63, 3.8) is 0 Å². The zero-order valence-electron chi connectivity index (χ0n) is 7.53. The Morgan fingerprint density at radius 1 is 1.31 bits per heavy atom. The van der Waals surface area contributed by atoms with Crippen LogP contribution in [0.5, 0.6) is 0 Å². The van der Waals surface area contributed by atoms with Crippen LogP contribution in [-0.4, -0.2) is 10.9 Å². The van der Waals surface area contributed by atoms with Gasteiger partial charge in [0.15, 0.2) is 5.78 Å². The molecule has 2 nitrogen and oxygen atoms in total. The summed E-state index contributed by atoms with van der Waals surface area (Å²) in [5.74, 6) is 1.59. The summed E-state index contributed by atoms with van der Waals surface area (Å²) >= 11 is 0. The standard InChI is InChI=1S/C11H12O2/c1-5-10(12)8-6-2-3-7(4-6)9(8)11(5)13/h2-3,6-9,12H,4H2,1H3. The zero-order valence-corrected chi connectivity index (χ0v) is 7.53. The van der Waals surface area contributed by atoms with Crippen molar-refractivity contribution in [1.29, 1.82) is 0 Å². The third kappa shape index (κ3) is 0.679. The van der Waals surface area contributed by atoms with Crippen LogP contribution in [0.3, 0.4) is 0 Å². The van der Waals surface area contributed by atoms with Crippen LogP contribution in [-0.2, 0) is 4.79 Å². The molecule has 0 aliphatic heterocycles. The van der Waals surface area contributed by atoms with Gasteiger partial charge in [-0.2, -0.15) is 0 Å². The molecule has 3 aliphatic carbocycles. The molecule has 68 valence electrons. The second-order valence-electron chi connectivity index (χ2n) is 4.37. The van der Waals surface area contributed by atoms with Crippen molar-refractivity contribution in [2.75, 3.05) is 0 Å². The number of ketones is 1. The SMILES string of the molecule is CC1=C(O)C2C3C=CC(C3)C2C1=O. The molecule has 0 aromatic heterocycles. The van der Waals surface area contributed by atoms with Gasteiger partial charge in [-0.05, 0) is 25.2 Å². The Bertz CT molecular complexity index is 351. The van der Waals surface area contributed by atoms with Gasteiger partial charge in [-0.15, -0.1) is 0 Å². The summed E-state index contributed by atoms with van der Waals surface area (Å²) in [6.07, 6.45) is 5.38. The topological polar surface area (TPSA) is 37.3 Å². The van der Waals surface area contributed by atoms with Gasteiger partial charge in [0.2, 0.25) is 0 Å². The zero-order chi connectivity index (χ0) is 9.16. The van der Waals surface area contributed by atoms with Crippen LogP contribution in [0.4, 0.5) is 0 Å². The van der Waals surface area contributed by atoms with Gasteiger partial charge < -0.3 is 5.11 Å². The summed E-state index contributed by atoms with van der Waals surface area (Å²) in [5, 5.41) is 9.79. The van der Waals surface area contributed by atoms with Crippen LogP contribution in [0.25, 0.3) is 0 Å². The molecule has 0 spiro atoms. The van der Waals surface area contributed by atoms with E-state index in [1.165, 1.54) is 0 Å². The Morgan fingerprint density at radius 3 is 2.54 bits per heavy atom. The van der Waals surface area contributed by atoms with Gasteiger partial charge in [-0.1, -0.05) is 12.2 Å². The van der Waals surface area contributed by atoms with Crippen molar-refractivity contribution < 1.29 is 9.90 Å². The fourth-order valence-electron chi connectivity index (χ4n) is 3.18. The third-order valence-electron chi connectivity index (χ3n) is 3.83. The van der Waals surface area contributed by atoms with Gasteiger partial charge in [-0.25, -0.2) is 0 Å². The highest BCUT2D eigenvalue weighted by Crippen LogP contribution is 2.55.